The van der Waals surface area contributed by atoms with E-state index in [2.05, 4.69) is 25.4 Å². The zero-order chi connectivity index (χ0) is 27.2. The standard InChI is InChI=1S/C27H29F2N9O2/c28-19-12-17(40-25-16-31-15-20(25)29)3-4-22(19)36-8-5-35(6-9-36)7-10-37-26-18(14-32-37)23-13-21(24-2-1-11-39-24)34-38(23)27(30)33-26/h1-4,11-14,20,25,31H,5-10,15-16H2,(H2,30,33)/t20-,25+/m0/s1. The largest absolute Gasteiger partial charge is 0.486 e. The van der Waals surface area contributed by atoms with Crippen LogP contribution in [0.15, 0.2) is 53.3 Å². The zero-order valence-electron chi connectivity index (χ0n) is 21.7. The molecule has 2 atom stereocenters. The van der Waals surface area contributed by atoms with E-state index in [0.29, 0.717) is 54.7 Å². The number of nitrogens with two attached hydrogens (primary N) is 1. The third-order valence-electron chi connectivity index (χ3n) is 7.64. The van der Waals surface area contributed by atoms with Gasteiger partial charge in [0.15, 0.2) is 17.6 Å². The Morgan fingerprint density at radius 2 is 1.98 bits per heavy atom. The number of furan rings is 1. The third-order valence-corrected chi connectivity index (χ3v) is 7.64. The fraction of sp³-hybridized carbons (Fsp3) is 0.370. The van der Waals surface area contributed by atoms with E-state index in [0.717, 1.165) is 30.5 Å². The highest BCUT2D eigenvalue weighted by atomic mass is 19.1. The van der Waals surface area contributed by atoms with Crippen LogP contribution in [0, 0.1) is 5.82 Å². The Morgan fingerprint density at radius 1 is 1.10 bits per heavy atom. The summed E-state index contributed by atoms with van der Waals surface area (Å²) in [6.45, 7) is 5.02. The molecule has 0 spiro atoms. The second-order valence-electron chi connectivity index (χ2n) is 10.2. The molecular formula is C27H29F2N9O2. The number of anilines is 2. The van der Waals surface area contributed by atoms with Gasteiger partial charge in [0, 0.05) is 51.9 Å². The van der Waals surface area contributed by atoms with Gasteiger partial charge < -0.3 is 25.1 Å². The zero-order valence-corrected chi connectivity index (χ0v) is 21.7. The number of nitrogens with one attached hydrogen (secondary N) is 1. The summed E-state index contributed by atoms with van der Waals surface area (Å²) in [6, 6.07) is 10.4. The normalized spacial score (nSPS) is 20.2. The number of rotatable bonds is 7. The highest BCUT2D eigenvalue weighted by Gasteiger charge is 2.29. The molecule has 0 aliphatic carbocycles. The van der Waals surface area contributed by atoms with Crippen LogP contribution in [0.25, 0.3) is 28.0 Å². The molecule has 2 aliphatic heterocycles. The molecule has 2 saturated heterocycles. The molecule has 1 aromatic carbocycles. The first-order valence-corrected chi connectivity index (χ1v) is 13.4. The number of alkyl halides is 1. The van der Waals surface area contributed by atoms with Gasteiger partial charge in [-0.2, -0.15) is 19.7 Å². The van der Waals surface area contributed by atoms with Crippen LogP contribution in [0.4, 0.5) is 20.4 Å². The Kier molecular flexibility index (Phi) is 6.24. The quantitative estimate of drug-likeness (QED) is 0.316. The van der Waals surface area contributed by atoms with E-state index in [1.807, 2.05) is 27.8 Å². The predicted molar refractivity (Wildman–Crippen MR) is 146 cm³/mol. The van der Waals surface area contributed by atoms with E-state index in [-0.39, 0.29) is 18.3 Å². The molecule has 208 valence electrons. The van der Waals surface area contributed by atoms with E-state index >= 15 is 0 Å². The number of benzene rings is 1. The van der Waals surface area contributed by atoms with Crippen molar-refractivity contribution in [3.63, 3.8) is 0 Å². The van der Waals surface area contributed by atoms with E-state index in [1.54, 1.807) is 29.1 Å². The third kappa shape index (κ3) is 4.50. The van der Waals surface area contributed by atoms with Crippen LogP contribution in [-0.4, -0.2) is 87.4 Å². The first-order valence-electron chi connectivity index (χ1n) is 13.4. The van der Waals surface area contributed by atoms with Crippen LogP contribution >= 0.6 is 0 Å². The number of hydrogen-bond donors (Lipinski definition) is 2. The summed E-state index contributed by atoms with van der Waals surface area (Å²) >= 11 is 0. The van der Waals surface area contributed by atoms with E-state index in [4.69, 9.17) is 14.9 Å². The average Bonchev–Trinajstić information content (AvgIpc) is 3.76. The van der Waals surface area contributed by atoms with Crippen LogP contribution in [0.3, 0.4) is 0 Å². The molecule has 2 fully saturated rings. The van der Waals surface area contributed by atoms with Crippen molar-refractivity contribution in [3.05, 3.63) is 54.7 Å². The Labute approximate surface area is 228 Å². The number of fused-ring (bicyclic) bond motifs is 3. The molecule has 0 saturated carbocycles. The van der Waals surface area contributed by atoms with Crippen molar-refractivity contribution in [1.29, 1.82) is 0 Å². The molecule has 40 heavy (non-hydrogen) atoms. The lowest BCUT2D eigenvalue weighted by Crippen LogP contribution is -2.47. The molecule has 3 N–H and O–H groups in total. The van der Waals surface area contributed by atoms with E-state index < -0.39 is 12.3 Å². The lowest BCUT2D eigenvalue weighted by Gasteiger charge is -2.36. The molecule has 0 radical (unpaired) electrons. The fourth-order valence-electron chi connectivity index (χ4n) is 5.47. The lowest BCUT2D eigenvalue weighted by molar-refractivity contribution is 0.139. The summed E-state index contributed by atoms with van der Waals surface area (Å²) in [5, 5.41) is 12.9. The molecule has 4 aromatic heterocycles. The maximum Gasteiger partial charge on any atom is 0.223 e. The van der Waals surface area contributed by atoms with Crippen LogP contribution in [0.2, 0.25) is 0 Å². The molecule has 11 nitrogen and oxygen atoms in total. The van der Waals surface area contributed by atoms with Gasteiger partial charge in [-0.3, -0.25) is 4.90 Å². The Hall–Kier alpha value is -4.23. The van der Waals surface area contributed by atoms with Crippen LogP contribution in [-0.2, 0) is 6.54 Å². The number of aromatic nitrogens is 5. The summed E-state index contributed by atoms with van der Waals surface area (Å²) in [5.74, 6) is 0.921. The molecule has 5 aromatic rings. The van der Waals surface area contributed by atoms with Crippen molar-refractivity contribution in [2.24, 2.45) is 0 Å². The summed E-state index contributed by atoms with van der Waals surface area (Å²) in [7, 11) is 0. The van der Waals surface area contributed by atoms with Crippen molar-refractivity contribution < 1.29 is 17.9 Å². The van der Waals surface area contributed by atoms with E-state index in [1.165, 1.54) is 6.07 Å². The maximum atomic E-state index is 14.9. The smallest absolute Gasteiger partial charge is 0.223 e. The van der Waals surface area contributed by atoms with Gasteiger partial charge >= 0.3 is 0 Å². The molecule has 7 rings (SSSR count). The van der Waals surface area contributed by atoms with Crippen LogP contribution in [0.1, 0.15) is 0 Å². The first kappa shape index (κ1) is 24.8. The van der Waals surface area contributed by atoms with Crippen molar-refractivity contribution in [3.8, 4) is 17.2 Å². The molecular weight excluding hydrogens is 520 g/mol. The number of hydrogen-bond acceptors (Lipinski definition) is 9. The topological polar surface area (TPSA) is 115 Å². The number of piperazine rings is 1. The second kappa shape index (κ2) is 10.1. The summed E-state index contributed by atoms with van der Waals surface area (Å²) in [5.41, 5.74) is 8.96. The monoisotopic (exact) mass is 549 g/mol. The van der Waals surface area contributed by atoms with Gasteiger partial charge in [-0.25, -0.2) is 13.5 Å². The van der Waals surface area contributed by atoms with Crippen molar-refractivity contribution in [1.82, 2.24) is 34.6 Å². The number of nitrogens with zero attached hydrogens (tertiary/aromatic N) is 7. The van der Waals surface area contributed by atoms with E-state index in [9.17, 15) is 8.78 Å². The van der Waals surface area contributed by atoms with Gasteiger partial charge in [0.2, 0.25) is 5.95 Å². The van der Waals surface area contributed by atoms with Crippen molar-refractivity contribution in [2.45, 2.75) is 18.8 Å². The highest BCUT2D eigenvalue weighted by molar-refractivity contribution is 5.93. The van der Waals surface area contributed by atoms with Crippen LogP contribution in [0.5, 0.6) is 5.75 Å². The second-order valence-corrected chi connectivity index (χ2v) is 10.2. The Bertz CT molecular complexity index is 1640. The molecule has 0 bridgehead atoms. The minimum Gasteiger partial charge on any atom is -0.486 e. The van der Waals surface area contributed by atoms with Gasteiger partial charge in [-0.15, -0.1) is 0 Å². The molecule has 2 aliphatic rings. The number of ether oxygens (including phenoxy) is 1. The summed E-state index contributed by atoms with van der Waals surface area (Å²) < 4.78 is 43.3. The highest BCUT2D eigenvalue weighted by Crippen LogP contribution is 2.28. The number of nitrogen functional groups attached to an aromatic ring is 1. The average molecular weight is 550 g/mol. The SMILES string of the molecule is Nc1nc2c(cnn2CCN2CCN(c3ccc(O[C@@H]4CNC[C@@H]4F)cc3F)CC2)c2cc(-c3ccco3)nn12. The maximum absolute atomic E-state index is 14.9. The van der Waals surface area contributed by atoms with Gasteiger partial charge in [-0.05, 0) is 30.3 Å². The lowest BCUT2D eigenvalue weighted by atomic mass is 10.2. The van der Waals surface area contributed by atoms with Gasteiger partial charge in [0.05, 0.1) is 35.6 Å². The summed E-state index contributed by atoms with van der Waals surface area (Å²) in [6.07, 6.45) is 1.72. The molecule has 0 unspecified atom stereocenters. The first-order chi connectivity index (χ1) is 19.5. The van der Waals surface area contributed by atoms with Gasteiger partial charge in [-0.1, -0.05) is 0 Å². The predicted octanol–water partition coefficient (Wildman–Crippen LogP) is 2.57. The minimum atomic E-state index is -1.09. The van der Waals surface area contributed by atoms with Crippen LogP contribution < -0.4 is 20.7 Å². The number of halogens is 2. The van der Waals surface area contributed by atoms with Gasteiger partial charge in [0.25, 0.3) is 0 Å². The Balaban J connectivity index is 0.990. The van der Waals surface area contributed by atoms with Crippen molar-refractivity contribution >= 4 is 28.2 Å². The molecule has 0 amide bonds. The summed E-state index contributed by atoms with van der Waals surface area (Å²) in [4.78, 5) is 8.93. The van der Waals surface area contributed by atoms with Crippen molar-refractivity contribution in [2.75, 3.05) is 56.4 Å². The molecule has 6 heterocycles. The van der Waals surface area contributed by atoms with Gasteiger partial charge in [0.1, 0.15) is 23.4 Å². The fourth-order valence-corrected chi connectivity index (χ4v) is 5.47. The Morgan fingerprint density at radius 3 is 2.73 bits per heavy atom. The minimum absolute atomic E-state index is 0.263. The molecule has 13 heteroatoms.